The lowest BCUT2D eigenvalue weighted by Gasteiger charge is -2.32. The highest BCUT2D eigenvalue weighted by Crippen LogP contribution is 2.20. The van der Waals surface area contributed by atoms with E-state index < -0.39 is 0 Å². The van der Waals surface area contributed by atoms with Crippen LogP contribution in [0.3, 0.4) is 0 Å². The Bertz CT molecular complexity index is 701. The zero-order valence-corrected chi connectivity index (χ0v) is 17.3. The lowest BCUT2D eigenvalue weighted by Crippen LogP contribution is -2.35. The Morgan fingerprint density at radius 1 is 1.11 bits per heavy atom. The largest absolute Gasteiger partial charge is 0.432 e. The minimum atomic E-state index is 0.356. The molecule has 0 amide bonds. The van der Waals surface area contributed by atoms with Gasteiger partial charge in [0.25, 0.3) is 5.17 Å². The summed E-state index contributed by atoms with van der Waals surface area (Å²) in [6.45, 7) is 4.46. The van der Waals surface area contributed by atoms with Crippen LogP contribution in [0.15, 0.2) is 54.6 Å². The molecule has 2 aromatic rings. The van der Waals surface area contributed by atoms with Crippen molar-refractivity contribution >= 4 is 35.0 Å². The monoisotopic (exact) mass is 401 g/mol. The number of rotatable bonds is 7. The van der Waals surface area contributed by atoms with Gasteiger partial charge in [0.05, 0.1) is 0 Å². The number of ether oxygens (including phenoxy) is 1. The summed E-state index contributed by atoms with van der Waals surface area (Å²) in [6, 6.07) is 18.0. The number of benzene rings is 2. The molecule has 0 aliphatic carbocycles. The van der Waals surface area contributed by atoms with E-state index in [0.29, 0.717) is 5.17 Å². The molecule has 0 aromatic heterocycles. The van der Waals surface area contributed by atoms with E-state index in [4.69, 9.17) is 17.0 Å². The van der Waals surface area contributed by atoms with Crippen LogP contribution in [-0.4, -0.2) is 36.0 Å². The molecule has 0 atom stereocenters. The summed E-state index contributed by atoms with van der Waals surface area (Å²) >= 11 is 6.99. The quantitative estimate of drug-likeness (QED) is 0.524. The molecule has 1 fully saturated rings. The van der Waals surface area contributed by atoms with Gasteiger partial charge in [-0.1, -0.05) is 42.3 Å². The van der Waals surface area contributed by atoms with E-state index in [2.05, 4.69) is 33.3 Å². The molecule has 0 radical (unpaired) electrons. The topological polar surface area (TPSA) is 36.5 Å². The number of thiocarbonyl (C=S) groups is 1. The molecule has 2 aromatic carbocycles. The van der Waals surface area contributed by atoms with E-state index in [0.717, 1.165) is 30.4 Å². The van der Waals surface area contributed by atoms with Crippen LogP contribution in [0, 0.1) is 5.92 Å². The lowest BCUT2D eigenvalue weighted by atomic mass is 9.97. The second kappa shape index (κ2) is 10.7. The Balaban J connectivity index is 1.43. The van der Waals surface area contributed by atoms with Crippen LogP contribution in [0.4, 0.5) is 5.69 Å². The summed E-state index contributed by atoms with van der Waals surface area (Å²) in [5.74, 6) is 1.57. The average Bonchev–Trinajstić information content (AvgIpc) is 2.70. The maximum absolute atomic E-state index is 5.71. The third-order valence-electron chi connectivity index (χ3n) is 4.78. The summed E-state index contributed by atoms with van der Waals surface area (Å²) in [6.07, 6.45) is 4.63. The number of nitrogens with one attached hydrogen (secondary N) is 2. The van der Waals surface area contributed by atoms with Crippen molar-refractivity contribution in [1.82, 2.24) is 9.62 Å². The summed E-state index contributed by atoms with van der Waals surface area (Å²) in [4.78, 5) is 2.53. The number of anilines is 1. The molecular formula is C21H27N3OS2. The van der Waals surface area contributed by atoms with E-state index >= 15 is 0 Å². The fraction of sp³-hybridized carbons (Fsp3) is 0.381. The van der Waals surface area contributed by atoms with Crippen molar-refractivity contribution in [2.24, 2.45) is 5.92 Å². The van der Waals surface area contributed by atoms with Crippen LogP contribution in [-0.2, 0) is 6.54 Å². The first-order valence-corrected chi connectivity index (χ1v) is 11.0. The van der Waals surface area contributed by atoms with Gasteiger partial charge in [-0.15, -0.1) is 0 Å². The number of hydrogen-bond acceptors (Lipinski definition) is 5. The smallest absolute Gasteiger partial charge is 0.266 e. The Labute approximate surface area is 171 Å². The Morgan fingerprint density at radius 3 is 2.48 bits per heavy atom. The van der Waals surface area contributed by atoms with Crippen LogP contribution in [0.1, 0.15) is 18.4 Å². The highest BCUT2D eigenvalue weighted by molar-refractivity contribution is 7.96. The predicted octanol–water partition coefficient (Wildman–Crippen LogP) is 4.54. The van der Waals surface area contributed by atoms with Gasteiger partial charge >= 0.3 is 0 Å². The first-order valence-electron chi connectivity index (χ1n) is 9.34. The molecule has 2 N–H and O–H groups in total. The minimum Gasteiger partial charge on any atom is -0.432 e. The van der Waals surface area contributed by atoms with Crippen molar-refractivity contribution in [1.29, 1.82) is 0 Å². The van der Waals surface area contributed by atoms with Crippen molar-refractivity contribution < 1.29 is 4.74 Å². The molecule has 3 rings (SSSR count). The van der Waals surface area contributed by atoms with Gasteiger partial charge in [0.1, 0.15) is 5.75 Å². The standard InChI is InChI=1S/C21H27N3OS2/c1-27-22-15-17-11-13-24(14-12-17)16-18-7-9-20(10-8-18)25-21(26)23-19-5-3-2-4-6-19/h2-10,17,22H,11-16H2,1H3,(H,23,26). The highest BCUT2D eigenvalue weighted by Gasteiger charge is 2.18. The molecule has 0 saturated carbocycles. The molecule has 1 heterocycles. The average molecular weight is 402 g/mol. The van der Waals surface area contributed by atoms with Gasteiger partial charge in [-0.3, -0.25) is 9.62 Å². The van der Waals surface area contributed by atoms with Gasteiger partial charge in [0, 0.05) is 18.8 Å². The molecule has 144 valence electrons. The normalized spacial score (nSPS) is 15.4. The van der Waals surface area contributed by atoms with E-state index in [1.54, 1.807) is 11.9 Å². The summed E-state index contributed by atoms with van der Waals surface area (Å²) in [7, 11) is 0. The van der Waals surface area contributed by atoms with Gasteiger partial charge in [0.15, 0.2) is 0 Å². The zero-order valence-electron chi connectivity index (χ0n) is 15.7. The van der Waals surface area contributed by atoms with E-state index in [1.165, 1.54) is 31.5 Å². The maximum Gasteiger partial charge on any atom is 0.266 e. The van der Waals surface area contributed by atoms with E-state index in [9.17, 15) is 0 Å². The van der Waals surface area contributed by atoms with E-state index in [-0.39, 0.29) is 0 Å². The van der Waals surface area contributed by atoms with Crippen molar-refractivity contribution in [3.63, 3.8) is 0 Å². The van der Waals surface area contributed by atoms with Crippen LogP contribution < -0.4 is 14.8 Å². The molecule has 1 aliphatic rings. The number of likely N-dealkylation sites (tertiary alicyclic amines) is 1. The number of piperidine rings is 1. The Hall–Kier alpha value is -1.60. The van der Waals surface area contributed by atoms with Gasteiger partial charge in [-0.2, -0.15) is 0 Å². The molecule has 0 spiro atoms. The highest BCUT2D eigenvalue weighted by atomic mass is 32.2. The molecule has 27 heavy (non-hydrogen) atoms. The molecule has 6 heteroatoms. The Kier molecular flexibility index (Phi) is 7.95. The van der Waals surface area contributed by atoms with Crippen LogP contribution in [0.25, 0.3) is 0 Å². The SMILES string of the molecule is CSNCC1CCN(Cc2ccc(OC(=S)Nc3ccccc3)cc2)CC1. The summed E-state index contributed by atoms with van der Waals surface area (Å²) in [5.41, 5.74) is 2.24. The first-order chi connectivity index (χ1) is 13.2. The molecule has 1 saturated heterocycles. The van der Waals surface area contributed by atoms with Gasteiger partial charge in [-0.05, 0) is 80.2 Å². The van der Waals surface area contributed by atoms with Crippen molar-refractivity contribution in [2.45, 2.75) is 19.4 Å². The number of nitrogens with zero attached hydrogens (tertiary/aromatic N) is 1. The van der Waals surface area contributed by atoms with Gasteiger partial charge in [0.2, 0.25) is 0 Å². The lowest BCUT2D eigenvalue weighted by molar-refractivity contribution is 0.179. The van der Waals surface area contributed by atoms with Crippen molar-refractivity contribution in [3.05, 3.63) is 60.2 Å². The van der Waals surface area contributed by atoms with E-state index in [1.807, 2.05) is 42.5 Å². The third-order valence-corrected chi connectivity index (χ3v) is 5.42. The molecular weight excluding hydrogens is 374 g/mol. The second-order valence-corrected chi connectivity index (χ2v) is 7.86. The van der Waals surface area contributed by atoms with Crippen molar-refractivity contribution in [3.8, 4) is 5.75 Å². The second-order valence-electron chi connectivity index (χ2n) is 6.80. The van der Waals surface area contributed by atoms with Crippen molar-refractivity contribution in [2.75, 3.05) is 31.2 Å². The van der Waals surface area contributed by atoms with Gasteiger partial charge < -0.3 is 10.1 Å². The third kappa shape index (κ3) is 6.81. The van der Waals surface area contributed by atoms with Crippen LogP contribution in [0.5, 0.6) is 5.75 Å². The first kappa shape index (κ1) is 20.1. The molecule has 4 nitrogen and oxygen atoms in total. The molecule has 0 unspecified atom stereocenters. The molecule has 0 bridgehead atoms. The summed E-state index contributed by atoms with van der Waals surface area (Å²) < 4.78 is 9.10. The van der Waals surface area contributed by atoms with Crippen LogP contribution in [0.2, 0.25) is 0 Å². The van der Waals surface area contributed by atoms with Crippen LogP contribution >= 0.6 is 24.2 Å². The minimum absolute atomic E-state index is 0.356. The maximum atomic E-state index is 5.71. The predicted molar refractivity (Wildman–Crippen MR) is 119 cm³/mol. The Morgan fingerprint density at radius 2 is 1.81 bits per heavy atom. The summed E-state index contributed by atoms with van der Waals surface area (Å²) in [5, 5.41) is 3.44. The fourth-order valence-corrected chi connectivity index (χ4v) is 3.86. The fourth-order valence-electron chi connectivity index (χ4n) is 3.24. The molecule has 1 aliphatic heterocycles. The number of hydrogen-bond donors (Lipinski definition) is 2. The van der Waals surface area contributed by atoms with Gasteiger partial charge in [-0.25, -0.2) is 0 Å². The zero-order chi connectivity index (χ0) is 18.9. The number of para-hydroxylation sites is 1.